The molecule has 0 radical (unpaired) electrons. The molecule has 4 rings (SSSR count). The lowest BCUT2D eigenvalue weighted by Gasteiger charge is -2.17. The maximum Gasteiger partial charge on any atom is 0.291 e. The summed E-state index contributed by atoms with van der Waals surface area (Å²) in [6.45, 7) is 3.36. The zero-order valence-corrected chi connectivity index (χ0v) is 14.5. The number of amides is 1. The number of hydrogen-bond donors (Lipinski definition) is 1. The molecule has 0 spiro atoms. The molecule has 2 aromatic rings. The summed E-state index contributed by atoms with van der Waals surface area (Å²) < 4.78 is 5.79. The summed E-state index contributed by atoms with van der Waals surface area (Å²) in [7, 11) is 0. The molecule has 0 bridgehead atoms. The largest absolute Gasteiger partial charge is 0.431 e. The zero-order chi connectivity index (χ0) is 16.0. The van der Waals surface area contributed by atoms with E-state index in [4.69, 9.17) is 10.2 Å². The van der Waals surface area contributed by atoms with Crippen LogP contribution in [0.1, 0.15) is 29.1 Å². The van der Waals surface area contributed by atoms with Crippen LogP contribution >= 0.6 is 12.4 Å². The average molecular weight is 348 g/mol. The minimum atomic E-state index is -0.0567. The van der Waals surface area contributed by atoms with E-state index in [0.717, 1.165) is 31.5 Å². The molecule has 1 saturated carbocycles. The van der Waals surface area contributed by atoms with Gasteiger partial charge in [-0.2, -0.15) is 0 Å². The van der Waals surface area contributed by atoms with E-state index in [1.165, 1.54) is 0 Å². The van der Waals surface area contributed by atoms with Crippen LogP contribution in [0.2, 0.25) is 0 Å². The van der Waals surface area contributed by atoms with Gasteiger partial charge in [-0.15, -0.1) is 12.4 Å². The van der Waals surface area contributed by atoms with E-state index in [2.05, 4.69) is 4.98 Å². The molecule has 1 aromatic carbocycles. The summed E-state index contributed by atoms with van der Waals surface area (Å²) in [6.07, 6.45) is 2.21. The van der Waals surface area contributed by atoms with Gasteiger partial charge in [0.1, 0.15) is 0 Å². The van der Waals surface area contributed by atoms with E-state index in [-0.39, 0.29) is 24.4 Å². The Morgan fingerprint density at radius 3 is 2.71 bits per heavy atom. The van der Waals surface area contributed by atoms with Crippen molar-refractivity contribution in [2.45, 2.75) is 25.8 Å². The number of benzene rings is 1. The predicted octanol–water partition coefficient (Wildman–Crippen LogP) is 2.88. The summed E-state index contributed by atoms with van der Waals surface area (Å²) in [5.74, 6) is 1.79. The number of hydrogen-bond acceptors (Lipinski definition) is 4. The fourth-order valence-corrected chi connectivity index (χ4v) is 3.92. The van der Waals surface area contributed by atoms with Crippen LogP contribution in [0.25, 0.3) is 11.5 Å². The molecule has 2 fully saturated rings. The number of rotatable bonds is 2. The topological polar surface area (TPSA) is 72.4 Å². The number of nitrogens with two attached hydrogens (primary N) is 1. The van der Waals surface area contributed by atoms with Crippen molar-refractivity contribution in [1.29, 1.82) is 0 Å². The summed E-state index contributed by atoms with van der Waals surface area (Å²) in [4.78, 5) is 19.1. The number of nitrogens with zero attached hydrogens (tertiary/aromatic N) is 2. The average Bonchev–Trinajstić information content (AvgIpc) is 3.24. The van der Waals surface area contributed by atoms with E-state index in [1.807, 2.05) is 42.2 Å². The molecule has 2 heterocycles. The van der Waals surface area contributed by atoms with Crippen molar-refractivity contribution in [3.63, 3.8) is 0 Å². The van der Waals surface area contributed by atoms with Gasteiger partial charge in [0.15, 0.2) is 0 Å². The Morgan fingerprint density at radius 2 is 2.00 bits per heavy atom. The maximum atomic E-state index is 12.8. The monoisotopic (exact) mass is 347 g/mol. The van der Waals surface area contributed by atoms with Gasteiger partial charge in [-0.3, -0.25) is 4.79 Å². The molecule has 24 heavy (non-hydrogen) atoms. The summed E-state index contributed by atoms with van der Waals surface area (Å²) in [6, 6.07) is 9.89. The Balaban J connectivity index is 0.00000169. The summed E-state index contributed by atoms with van der Waals surface area (Å²) in [5, 5.41) is 0. The highest BCUT2D eigenvalue weighted by Crippen LogP contribution is 2.38. The normalized spacial score (nSPS) is 25.4. The van der Waals surface area contributed by atoms with E-state index < -0.39 is 0 Å². The molecule has 3 atom stereocenters. The third kappa shape index (κ3) is 2.82. The molecular formula is C18H22ClN3O2. The highest BCUT2D eigenvalue weighted by molar-refractivity contribution is 5.93. The van der Waals surface area contributed by atoms with Crippen molar-refractivity contribution >= 4 is 18.3 Å². The van der Waals surface area contributed by atoms with Gasteiger partial charge in [-0.05, 0) is 43.7 Å². The molecule has 2 N–H and O–H groups in total. The van der Waals surface area contributed by atoms with E-state index in [1.54, 1.807) is 0 Å². The highest BCUT2D eigenvalue weighted by Gasteiger charge is 2.43. The number of halogens is 1. The van der Waals surface area contributed by atoms with Crippen LogP contribution < -0.4 is 5.73 Å². The van der Waals surface area contributed by atoms with Crippen LogP contribution in [-0.2, 0) is 0 Å². The second kappa shape index (κ2) is 6.57. The van der Waals surface area contributed by atoms with Gasteiger partial charge in [-0.25, -0.2) is 4.98 Å². The number of fused-ring (bicyclic) bond motifs is 1. The Kier molecular flexibility index (Phi) is 4.65. The van der Waals surface area contributed by atoms with E-state index in [9.17, 15) is 4.79 Å². The van der Waals surface area contributed by atoms with Crippen molar-refractivity contribution in [1.82, 2.24) is 9.88 Å². The SMILES string of the molecule is Cc1nc(-c2ccccc2)oc1C(=O)N1CC2CCC(N)C2C1.Cl. The lowest BCUT2D eigenvalue weighted by molar-refractivity contribution is 0.0748. The summed E-state index contributed by atoms with van der Waals surface area (Å²) in [5.41, 5.74) is 7.69. The molecule has 3 unspecified atom stereocenters. The molecule has 1 aliphatic carbocycles. The Labute approximate surface area is 147 Å². The van der Waals surface area contributed by atoms with Gasteiger partial charge in [0.25, 0.3) is 5.91 Å². The molecule has 1 aromatic heterocycles. The Hall–Kier alpha value is -1.85. The zero-order valence-electron chi connectivity index (χ0n) is 13.6. The predicted molar refractivity (Wildman–Crippen MR) is 94.0 cm³/mol. The molecule has 2 aliphatic rings. The van der Waals surface area contributed by atoms with Crippen LogP contribution in [0, 0.1) is 18.8 Å². The highest BCUT2D eigenvalue weighted by atomic mass is 35.5. The molecular weight excluding hydrogens is 326 g/mol. The fourth-order valence-electron chi connectivity index (χ4n) is 3.92. The molecule has 5 nitrogen and oxygen atoms in total. The first kappa shape index (κ1) is 17.0. The molecule has 1 amide bonds. The van der Waals surface area contributed by atoms with Crippen LogP contribution in [0.3, 0.4) is 0 Å². The molecule has 128 valence electrons. The first-order valence-electron chi connectivity index (χ1n) is 8.21. The van der Waals surface area contributed by atoms with Crippen LogP contribution in [0.4, 0.5) is 0 Å². The second-order valence-electron chi connectivity index (χ2n) is 6.67. The minimum Gasteiger partial charge on any atom is -0.431 e. The minimum absolute atomic E-state index is 0. The Bertz CT molecular complexity index is 731. The number of carbonyl (C=O) groups is 1. The third-order valence-corrected chi connectivity index (χ3v) is 5.21. The number of carbonyl (C=O) groups excluding carboxylic acids is 1. The molecule has 1 saturated heterocycles. The maximum absolute atomic E-state index is 12.8. The van der Waals surface area contributed by atoms with Gasteiger partial charge >= 0.3 is 0 Å². The lowest BCUT2D eigenvalue weighted by atomic mass is 9.98. The van der Waals surface area contributed by atoms with Crippen molar-refractivity contribution < 1.29 is 9.21 Å². The van der Waals surface area contributed by atoms with Crippen LogP contribution in [-0.4, -0.2) is 34.9 Å². The van der Waals surface area contributed by atoms with Gasteiger partial charge in [0.2, 0.25) is 11.7 Å². The fraction of sp³-hybridized carbons (Fsp3) is 0.444. The van der Waals surface area contributed by atoms with Crippen LogP contribution in [0.15, 0.2) is 34.7 Å². The summed E-state index contributed by atoms with van der Waals surface area (Å²) >= 11 is 0. The van der Waals surface area contributed by atoms with Crippen molar-refractivity contribution in [3.8, 4) is 11.5 Å². The van der Waals surface area contributed by atoms with Crippen molar-refractivity contribution in [3.05, 3.63) is 41.8 Å². The molecule has 6 heteroatoms. The van der Waals surface area contributed by atoms with E-state index >= 15 is 0 Å². The van der Waals surface area contributed by atoms with Gasteiger partial charge in [-0.1, -0.05) is 18.2 Å². The smallest absolute Gasteiger partial charge is 0.291 e. The first-order chi connectivity index (χ1) is 11.1. The Morgan fingerprint density at radius 1 is 1.25 bits per heavy atom. The quantitative estimate of drug-likeness (QED) is 0.906. The number of oxazole rings is 1. The van der Waals surface area contributed by atoms with Gasteiger partial charge in [0.05, 0.1) is 5.69 Å². The lowest BCUT2D eigenvalue weighted by Crippen LogP contribution is -2.33. The standard InChI is InChI=1S/C18H21N3O2.ClH/c1-11-16(23-17(20-11)12-5-3-2-4-6-12)18(22)21-9-13-7-8-15(19)14(13)10-21;/h2-6,13-15H,7-10,19H2,1H3;1H. The number of aromatic nitrogens is 1. The number of likely N-dealkylation sites (tertiary alicyclic amines) is 1. The van der Waals surface area contributed by atoms with E-state index in [0.29, 0.717) is 29.2 Å². The number of aryl methyl sites for hydroxylation is 1. The van der Waals surface area contributed by atoms with Crippen LogP contribution in [0.5, 0.6) is 0 Å². The molecule has 1 aliphatic heterocycles. The van der Waals surface area contributed by atoms with Crippen molar-refractivity contribution in [2.75, 3.05) is 13.1 Å². The third-order valence-electron chi connectivity index (χ3n) is 5.21. The second-order valence-corrected chi connectivity index (χ2v) is 6.67. The first-order valence-corrected chi connectivity index (χ1v) is 8.21. The van der Waals surface area contributed by atoms with Crippen molar-refractivity contribution in [2.24, 2.45) is 17.6 Å². The van der Waals surface area contributed by atoms with Gasteiger partial charge in [0, 0.05) is 24.7 Å². The van der Waals surface area contributed by atoms with Gasteiger partial charge < -0.3 is 15.1 Å².